The topological polar surface area (TPSA) is 58.9 Å². The lowest BCUT2D eigenvalue weighted by molar-refractivity contribution is 0.0392. The highest BCUT2D eigenvalue weighted by Gasteiger charge is 2.13. The number of benzene rings is 2. The van der Waals surface area contributed by atoms with E-state index in [2.05, 4.69) is 11.8 Å². The first-order valence-electron chi connectivity index (χ1n) is 7.38. The fraction of sp³-hybridized carbons (Fsp3) is 0.263. The highest BCUT2D eigenvalue weighted by Crippen LogP contribution is 2.17. The zero-order chi connectivity index (χ0) is 16.5. The van der Waals surface area contributed by atoms with Crippen molar-refractivity contribution >= 4 is 0 Å². The molecule has 0 heterocycles. The SMILES string of the molecule is COc1ccc(OCCC(O)C(O)C#Cc2ccccc2)cc1. The van der Waals surface area contributed by atoms with Crippen molar-refractivity contribution in [3.63, 3.8) is 0 Å². The Morgan fingerprint density at radius 2 is 1.61 bits per heavy atom. The second-order valence-corrected chi connectivity index (χ2v) is 4.96. The van der Waals surface area contributed by atoms with Gasteiger partial charge in [0, 0.05) is 12.0 Å². The summed E-state index contributed by atoms with van der Waals surface area (Å²) in [7, 11) is 1.60. The van der Waals surface area contributed by atoms with E-state index in [4.69, 9.17) is 9.47 Å². The van der Waals surface area contributed by atoms with E-state index in [0.717, 1.165) is 11.3 Å². The molecule has 0 bridgehead atoms. The molecule has 0 aliphatic carbocycles. The van der Waals surface area contributed by atoms with Crippen molar-refractivity contribution in [1.29, 1.82) is 0 Å². The summed E-state index contributed by atoms with van der Waals surface area (Å²) in [6.45, 7) is 0.289. The summed E-state index contributed by atoms with van der Waals surface area (Å²) in [5, 5.41) is 19.8. The largest absolute Gasteiger partial charge is 0.497 e. The molecule has 0 spiro atoms. The Morgan fingerprint density at radius 1 is 0.957 bits per heavy atom. The van der Waals surface area contributed by atoms with E-state index in [0.29, 0.717) is 5.75 Å². The Kier molecular flexibility index (Phi) is 6.49. The van der Waals surface area contributed by atoms with E-state index < -0.39 is 12.2 Å². The van der Waals surface area contributed by atoms with E-state index in [1.54, 1.807) is 31.4 Å². The third-order valence-corrected chi connectivity index (χ3v) is 3.24. The first kappa shape index (κ1) is 16.9. The molecular formula is C19H20O4. The van der Waals surface area contributed by atoms with Crippen LogP contribution in [0.25, 0.3) is 0 Å². The predicted molar refractivity (Wildman–Crippen MR) is 88.4 cm³/mol. The van der Waals surface area contributed by atoms with Crippen molar-refractivity contribution in [2.24, 2.45) is 0 Å². The monoisotopic (exact) mass is 312 g/mol. The van der Waals surface area contributed by atoms with Crippen LogP contribution >= 0.6 is 0 Å². The van der Waals surface area contributed by atoms with Crippen molar-refractivity contribution in [3.8, 4) is 23.3 Å². The summed E-state index contributed by atoms with van der Waals surface area (Å²) in [6, 6.07) is 16.5. The first-order chi connectivity index (χ1) is 11.2. The Hall–Kier alpha value is -2.48. The maximum Gasteiger partial charge on any atom is 0.140 e. The molecule has 2 N–H and O–H groups in total. The van der Waals surface area contributed by atoms with Crippen LogP contribution in [0.1, 0.15) is 12.0 Å². The van der Waals surface area contributed by atoms with Crippen LogP contribution in [0.5, 0.6) is 11.5 Å². The molecule has 0 saturated heterocycles. The van der Waals surface area contributed by atoms with E-state index in [-0.39, 0.29) is 13.0 Å². The van der Waals surface area contributed by atoms with Crippen LogP contribution in [0.4, 0.5) is 0 Å². The minimum atomic E-state index is -1.10. The second-order valence-electron chi connectivity index (χ2n) is 4.96. The molecule has 4 heteroatoms. The normalized spacial score (nSPS) is 12.7. The highest BCUT2D eigenvalue weighted by molar-refractivity contribution is 5.34. The van der Waals surface area contributed by atoms with Crippen LogP contribution in [0, 0.1) is 11.8 Å². The van der Waals surface area contributed by atoms with Crippen LogP contribution in [-0.2, 0) is 0 Å². The summed E-state index contributed by atoms with van der Waals surface area (Å²) in [5.74, 6) is 6.91. The lowest BCUT2D eigenvalue weighted by Gasteiger charge is -2.13. The number of aliphatic hydroxyl groups excluding tert-OH is 2. The minimum absolute atomic E-state index is 0.288. The molecule has 0 aliphatic heterocycles. The van der Waals surface area contributed by atoms with Gasteiger partial charge < -0.3 is 19.7 Å². The number of aliphatic hydroxyl groups is 2. The summed E-state index contributed by atoms with van der Waals surface area (Å²) >= 11 is 0. The standard InChI is InChI=1S/C19H20O4/c1-22-16-8-10-17(11-9-16)23-14-13-19(21)18(20)12-7-15-5-3-2-4-6-15/h2-6,8-11,18-21H,13-14H2,1H3. The van der Waals surface area contributed by atoms with Crippen molar-refractivity contribution in [1.82, 2.24) is 0 Å². The Bertz CT molecular complexity index is 641. The van der Waals surface area contributed by atoms with Crippen LogP contribution in [0.2, 0.25) is 0 Å². The number of ether oxygens (including phenoxy) is 2. The van der Waals surface area contributed by atoms with Crippen LogP contribution in [0.3, 0.4) is 0 Å². The van der Waals surface area contributed by atoms with Crippen molar-refractivity contribution < 1.29 is 19.7 Å². The fourth-order valence-electron chi connectivity index (χ4n) is 1.90. The van der Waals surface area contributed by atoms with Crippen molar-refractivity contribution in [3.05, 3.63) is 60.2 Å². The van der Waals surface area contributed by atoms with Gasteiger partial charge in [-0.25, -0.2) is 0 Å². The molecule has 2 aromatic carbocycles. The van der Waals surface area contributed by atoms with Gasteiger partial charge >= 0.3 is 0 Å². The van der Waals surface area contributed by atoms with Crippen LogP contribution in [0.15, 0.2) is 54.6 Å². The molecule has 23 heavy (non-hydrogen) atoms. The zero-order valence-corrected chi connectivity index (χ0v) is 13.0. The van der Waals surface area contributed by atoms with Crippen molar-refractivity contribution in [2.75, 3.05) is 13.7 Å². The molecule has 0 aliphatic rings. The molecule has 2 atom stereocenters. The predicted octanol–water partition coefficient (Wildman–Crippen LogP) is 2.24. The molecule has 120 valence electrons. The van der Waals surface area contributed by atoms with Crippen LogP contribution in [-0.4, -0.2) is 36.1 Å². The Labute approximate surface area is 136 Å². The van der Waals surface area contributed by atoms with Gasteiger partial charge in [-0.15, -0.1) is 0 Å². The second kappa shape index (κ2) is 8.84. The zero-order valence-electron chi connectivity index (χ0n) is 13.0. The maximum absolute atomic E-state index is 9.90. The van der Waals surface area contributed by atoms with Crippen LogP contribution < -0.4 is 9.47 Å². The molecule has 0 fully saturated rings. The summed E-state index contributed by atoms with van der Waals surface area (Å²) < 4.78 is 10.6. The average molecular weight is 312 g/mol. The highest BCUT2D eigenvalue weighted by atomic mass is 16.5. The molecule has 0 aromatic heterocycles. The molecule has 2 aromatic rings. The van der Waals surface area contributed by atoms with Gasteiger partial charge in [0.2, 0.25) is 0 Å². The molecule has 2 rings (SSSR count). The first-order valence-corrected chi connectivity index (χ1v) is 7.38. The summed E-state index contributed by atoms with van der Waals surface area (Å²) in [5.41, 5.74) is 0.799. The van der Waals surface area contributed by atoms with Crippen molar-refractivity contribution in [2.45, 2.75) is 18.6 Å². The molecule has 2 unspecified atom stereocenters. The van der Waals surface area contributed by atoms with Gasteiger partial charge in [-0.05, 0) is 36.4 Å². The molecule has 0 amide bonds. The van der Waals surface area contributed by atoms with Gasteiger partial charge in [-0.2, -0.15) is 0 Å². The van der Waals surface area contributed by atoms with Gasteiger partial charge in [0.15, 0.2) is 0 Å². The summed E-state index contributed by atoms with van der Waals surface area (Å²) in [6.07, 6.45) is -1.77. The third kappa shape index (κ3) is 5.67. The molecule has 4 nitrogen and oxygen atoms in total. The van der Waals surface area contributed by atoms with Gasteiger partial charge in [0.25, 0.3) is 0 Å². The van der Waals surface area contributed by atoms with E-state index in [9.17, 15) is 10.2 Å². The molecule has 0 radical (unpaired) electrons. The average Bonchev–Trinajstić information content (AvgIpc) is 2.61. The quantitative estimate of drug-likeness (QED) is 0.803. The smallest absolute Gasteiger partial charge is 0.140 e. The minimum Gasteiger partial charge on any atom is -0.497 e. The lowest BCUT2D eigenvalue weighted by atomic mass is 10.1. The van der Waals surface area contributed by atoms with E-state index in [1.165, 1.54) is 0 Å². The number of hydrogen-bond acceptors (Lipinski definition) is 4. The molecule has 0 saturated carbocycles. The van der Waals surface area contributed by atoms with E-state index >= 15 is 0 Å². The van der Waals surface area contributed by atoms with Gasteiger partial charge in [0.05, 0.1) is 19.8 Å². The van der Waals surface area contributed by atoms with Gasteiger partial charge in [0.1, 0.15) is 17.6 Å². The number of rotatable bonds is 6. The Morgan fingerprint density at radius 3 is 2.26 bits per heavy atom. The summed E-state index contributed by atoms with van der Waals surface area (Å²) in [4.78, 5) is 0. The fourth-order valence-corrected chi connectivity index (χ4v) is 1.90. The van der Waals surface area contributed by atoms with Gasteiger partial charge in [-0.3, -0.25) is 0 Å². The van der Waals surface area contributed by atoms with E-state index in [1.807, 2.05) is 30.3 Å². The molecular weight excluding hydrogens is 292 g/mol. The Balaban J connectivity index is 1.77. The lowest BCUT2D eigenvalue weighted by Crippen LogP contribution is -2.26. The maximum atomic E-state index is 9.90. The van der Waals surface area contributed by atoms with Gasteiger partial charge in [-0.1, -0.05) is 30.0 Å². The third-order valence-electron chi connectivity index (χ3n) is 3.24. The number of hydrogen-bond donors (Lipinski definition) is 2. The number of methoxy groups -OCH3 is 1.